The van der Waals surface area contributed by atoms with Gasteiger partial charge in [-0.25, -0.2) is 0 Å². The first-order chi connectivity index (χ1) is 5.33. The van der Waals surface area contributed by atoms with E-state index in [1.807, 2.05) is 12.1 Å². The van der Waals surface area contributed by atoms with Crippen LogP contribution in [0.3, 0.4) is 0 Å². The van der Waals surface area contributed by atoms with E-state index in [0.29, 0.717) is 0 Å². The molecule has 0 N–H and O–H groups in total. The lowest BCUT2D eigenvalue weighted by Crippen LogP contribution is -1.93. The van der Waals surface area contributed by atoms with Gasteiger partial charge in [0.2, 0.25) is 0 Å². The largest absolute Gasteiger partial charge is 0.384 e. The molecule has 0 aromatic heterocycles. The molecule has 0 aliphatic rings. The number of thiol groups is 1. The molecule has 0 radical (unpaired) electrons. The molecule has 0 unspecified atom stereocenters. The summed E-state index contributed by atoms with van der Waals surface area (Å²) in [7, 11) is 1.72. The van der Waals surface area contributed by atoms with E-state index in [-0.39, 0.29) is 0 Å². The summed E-state index contributed by atoms with van der Waals surface area (Å²) in [6, 6.07) is 8.13. The van der Waals surface area contributed by atoms with Crippen molar-refractivity contribution in [2.45, 2.75) is 11.3 Å². The fraction of sp³-hybridized carbons (Fsp3) is 0.333. The van der Waals surface area contributed by atoms with Gasteiger partial charge in [0.25, 0.3) is 0 Å². The summed E-state index contributed by atoms with van der Waals surface area (Å²) in [5, 5.41) is 0. The number of methoxy groups -OCH3 is 1. The second-order valence-electron chi connectivity index (χ2n) is 2.41. The first-order valence-electron chi connectivity index (χ1n) is 3.60. The normalized spacial score (nSPS) is 10.0. The summed E-state index contributed by atoms with van der Waals surface area (Å²) in [4.78, 5) is 1.01. The van der Waals surface area contributed by atoms with Crippen molar-refractivity contribution in [1.82, 2.24) is 0 Å². The zero-order chi connectivity index (χ0) is 8.10. The molecule has 0 bridgehead atoms. The van der Waals surface area contributed by atoms with E-state index in [2.05, 4.69) is 24.8 Å². The molecule has 0 spiro atoms. The summed E-state index contributed by atoms with van der Waals surface area (Å²) in [5.41, 5.74) is 1.30. The summed E-state index contributed by atoms with van der Waals surface area (Å²) in [6.45, 7) is 0.784. The number of ether oxygens (including phenoxy) is 1. The predicted molar refractivity (Wildman–Crippen MR) is 49.3 cm³/mol. The van der Waals surface area contributed by atoms with Crippen molar-refractivity contribution >= 4 is 12.6 Å². The summed E-state index contributed by atoms with van der Waals surface area (Å²) < 4.78 is 4.96. The van der Waals surface area contributed by atoms with Crippen LogP contribution >= 0.6 is 12.6 Å². The van der Waals surface area contributed by atoms with Crippen LogP contribution in [0.25, 0.3) is 0 Å². The van der Waals surface area contributed by atoms with Gasteiger partial charge >= 0.3 is 0 Å². The Morgan fingerprint density at radius 1 is 1.27 bits per heavy atom. The van der Waals surface area contributed by atoms with Gasteiger partial charge in [-0.2, -0.15) is 0 Å². The van der Waals surface area contributed by atoms with Gasteiger partial charge in [0.1, 0.15) is 0 Å². The summed E-state index contributed by atoms with van der Waals surface area (Å²) in [6.07, 6.45) is 0.977. The van der Waals surface area contributed by atoms with E-state index in [0.717, 1.165) is 17.9 Å². The Balaban J connectivity index is 2.52. The minimum Gasteiger partial charge on any atom is -0.384 e. The Hall–Kier alpha value is -0.470. The summed E-state index contributed by atoms with van der Waals surface area (Å²) >= 11 is 4.19. The second kappa shape index (κ2) is 4.42. The Morgan fingerprint density at radius 3 is 2.45 bits per heavy atom. The zero-order valence-corrected chi connectivity index (χ0v) is 7.47. The van der Waals surface area contributed by atoms with Gasteiger partial charge in [-0.3, -0.25) is 0 Å². The van der Waals surface area contributed by atoms with Crippen LogP contribution in [0.4, 0.5) is 0 Å². The Kier molecular flexibility index (Phi) is 3.46. The highest BCUT2D eigenvalue weighted by Crippen LogP contribution is 2.07. The van der Waals surface area contributed by atoms with Crippen LogP contribution in [0.2, 0.25) is 0 Å². The van der Waals surface area contributed by atoms with Crippen molar-refractivity contribution in [3.8, 4) is 0 Å². The lowest BCUT2D eigenvalue weighted by molar-refractivity contribution is 0.202. The molecule has 1 rings (SSSR count). The molecule has 0 aliphatic heterocycles. The SMILES string of the molecule is COCCc1ccc(S)cc1. The van der Waals surface area contributed by atoms with E-state index >= 15 is 0 Å². The van der Waals surface area contributed by atoms with Crippen molar-refractivity contribution < 1.29 is 4.74 Å². The molecule has 11 heavy (non-hydrogen) atoms. The van der Waals surface area contributed by atoms with Crippen molar-refractivity contribution in [3.05, 3.63) is 29.8 Å². The number of hydrogen-bond acceptors (Lipinski definition) is 2. The molecule has 0 aliphatic carbocycles. The molecular formula is C9H12OS. The van der Waals surface area contributed by atoms with Gasteiger partial charge in [-0.15, -0.1) is 12.6 Å². The summed E-state index contributed by atoms with van der Waals surface area (Å²) in [5.74, 6) is 0. The van der Waals surface area contributed by atoms with E-state index in [1.165, 1.54) is 5.56 Å². The van der Waals surface area contributed by atoms with Gasteiger partial charge in [-0.05, 0) is 24.1 Å². The molecule has 0 atom stereocenters. The highest BCUT2D eigenvalue weighted by molar-refractivity contribution is 7.80. The molecule has 60 valence electrons. The minimum atomic E-state index is 0.784. The standard InChI is InChI=1S/C9H12OS/c1-10-7-6-8-2-4-9(11)5-3-8/h2-5,11H,6-7H2,1H3. The molecule has 2 heteroatoms. The van der Waals surface area contributed by atoms with E-state index in [1.54, 1.807) is 7.11 Å². The minimum absolute atomic E-state index is 0.784. The van der Waals surface area contributed by atoms with Gasteiger partial charge in [0.05, 0.1) is 6.61 Å². The molecule has 1 aromatic carbocycles. The zero-order valence-electron chi connectivity index (χ0n) is 6.58. The molecule has 1 nitrogen and oxygen atoms in total. The fourth-order valence-corrected chi connectivity index (χ4v) is 1.03. The van der Waals surface area contributed by atoms with Crippen molar-refractivity contribution in [2.75, 3.05) is 13.7 Å². The Morgan fingerprint density at radius 2 is 1.91 bits per heavy atom. The molecule has 0 saturated heterocycles. The third-order valence-corrected chi connectivity index (χ3v) is 1.83. The molecular weight excluding hydrogens is 156 g/mol. The van der Waals surface area contributed by atoms with Crippen LogP contribution in [0, 0.1) is 0 Å². The van der Waals surface area contributed by atoms with Crippen molar-refractivity contribution in [1.29, 1.82) is 0 Å². The first kappa shape index (κ1) is 8.62. The number of hydrogen-bond donors (Lipinski definition) is 1. The molecule has 0 saturated carbocycles. The molecule has 0 heterocycles. The first-order valence-corrected chi connectivity index (χ1v) is 4.04. The predicted octanol–water partition coefficient (Wildman–Crippen LogP) is 2.16. The van der Waals surface area contributed by atoms with Crippen LogP contribution in [0.1, 0.15) is 5.56 Å². The van der Waals surface area contributed by atoms with Crippen molar-refractivity contribution in [3.63, 3.8) is 0 Å². The van der Waals surface area contributed by atoms with Crippen LogP contribution < -0.4 is 0 Å². The third kappa shape index (κ3) is 2.95. The van der Waals surface area contributed by atoms with E-state index in [9.17, 15) is 0 Å². The Labute approximate surface area is 72.8 Å². The van der Waals surface area contributed by atoms with Crippen LogP contribution in [-0.4, -0.2) is 13.7 Å². The number of benzene rings is 1. The van der Waals surface area contributed by atoms with Gasteiger partial charge in [0.15, 0.2) is 0 Å². The van der Waals surface area contributed by atoms with Crippen LogP contribution in [0.5, 0.6) is 0 Å². The highest BCUT2D eigenvalue weighted by Gasteiger charge is 1.90. The maximum Gasteiger partial charge on any atom is 0.0502 e. The van der Waals surface area contributed by atoms with Crippen LogP contribution in [-0.2, 0) is 11.2 Å². The quantitative estimate of drug-likeness (QED) is 0.680. The number of rotatable bonds is 3. The monoisotopic (exact) mass is 168 g/mol. The molecule has 0 amide bonds. The third-order valence-electron chi connectivity index (χ3n) is 1.53. The van der Waals surface area contributed by atoms with Crippen molar-refractivity contribution in [2.24, 2.45) is 0 Å². The lowest BCUT2D eigenvalue weighted by atomic mass is 10.2. The molecule has 0 fully saturated rings. The highest BCUT2D eigenvalue weighted by atomic mass is 32.1. The van der Waals surface area contributed by atoms with Crippen LogP contribution in [0.15, 0.2) is 29.2 Å². The van der Waals surface area contributed by atoms with Gasteiger partial charge < -0.3 is 4.74 Å². The Bertz CT molecular complexity index is 205. The maximum atomic E-state index is 4.96. The molecule has 1 aromatic rings. The average molecular weight is 168 g/mol. The second-order valence-corrected chi connectivity index (χ2v) is 2.93. The average Bonchev–Trinajstić information content (AvgIpc) is 2.04. The van der Waals surface area contributed by atoms with Gasteiger partial charge in [-0.1, -0.05) is 12.1 Å². The van der Waals surface area contributed by atoms with E-state index < -0.39 is 0 Å². The van der Waals surface area contributed by atoms with E-state index in [4.69, 9.17) is 4.74 Å². The smallest absolute Gasteiger partial charge is 0.0502 e. The topological polar surface area (TPSA) is 9.23 Å². The van der Waals surface area contributed by atoms with Gasteiger partial charge in [0, 0.05) is 12.0 Å². The lowest BCUT2D eigenvalue weighted by Gasteiger charge is -1.99. The maximum absolute atomic E-state index is 4.96. The fourth-order valence-electron chi connectivity index (χ4n) is 0.883.